The van der Waals surface area contributed by atoms with Gasteiger partial charge in [0.25, 0.3) is 0 Å². The molecule has 0 aliphatic rings. The lowest BCUT2D eigenvalue weighted by atomic mass is 10.2. The highest BCUT2D eigenvalue weighted by atomic mass is 32.2. The van der Waals surface area contributed by atoms with E-state index in [1.807, 2.05) is 6.26 Å². The molecule has 1 aromatic carbocycles. The van der Waals surface area contributed by atoms with Crippen LogP contribution in [0.2, 0.25) is 0 Å². The fourth-order valence-electron chi connectivity index (χ4n) is 1.47. The van der Waals surface area contributed by atoms with Crippen LogP contribution in [0.4, 0.5) is 18.9 Å². The fraction of sp³-hybridized carbons (Fsp3) is 0.385. The molecule has 0 atom stereocenters. The highest BCUT2D eigenvalue weighted by molar-refractivity contribution is 7.98. The van der Waals surface area contributed by atoms with Crippen molar-refractivity contribution in [2.75, 3.05) is 37.5 Å². The molecule has 0 unspecified atom stereocenters. The number of nitrogens with zero attached hydrogens (tertiary/aromatic N) is 1. The van der Waals surface area contributed by atoms with E-state index in [4.69, 9.17) is 0 Å². The van der Waals surface area contributed by atoms with E-state index in [1.165, 1.54) is 0 Å². The highest BCUT2D eigenvalue weighted by Crippen LogP contribution is 2.19. The number of halogens is 3. The van der Waals surface area contributed by atoms with Crippen LogP contribution in [0.15, 0.2) is 17.1 Å². The van der Waals surface area contributed by atoms with Crippen LogP contribution in [-0.2, 0) is 4.79 Å². The van der Waals surface area contributed by atoms with Crippen LogP contribution in [0.1, 0.15) is 0 Å². The van der Waals surface area contributed by atoms with E-state index in [1.54, 1.807) is 18.8 Å². The van der Waals surface area contributed by atoms with Crippen LogP contribution in [-0.4, -0.2) is 44.0 Å². The van der Waals surface area contributed by atoms with Gasteiger partial charge in [-0.3, -0.25) is 9.79 Å². The average molecular weight is 334 g/mol. The molecule has 0 saturated carbocycles. The van der Waals surface area contributed by atoms with E-state index in [0.717, 1.165) is 17.9 Å². The quantitative estimate of drug-likeness (QED) is 0.320. The lowest BCUT2D eigenvalue weighted by molar-refractivity contribution is -0.115. The minimum absolute atomic E-state index is 0.197. The predicted octanol–water partition coefficient (Wildman–Crippen LogP) is 1.57. The summed E-state index contributed by atoms with van der Waals surface area (Å²) in [7, 11) is 1.54. The van der Waals surface area contributed by atoms with Gasteiger partial charge < -0.3 is 16.0 Å². The van der Waals surface area contributed by atoms with Crippen molar-refractivity contribution in [1.29, 1.82) is 0 Å². The first kappa shape index (κ1) is 18.1. The Bertz CT molecular complexity index is 554. The molecule has 1 amide bonds. The van der Waals surface area contributed by atoms with Crippen LogP contribution in [0.25, 0.3) is 0 Å². The topological polar surface area (TPSA) is 65.5 Å². The zero-order valence-corrected chi connectivity index (χ0v) is 13.0. The Kier molecular flexibility index (Phi) is 7.58. The molecule has 0 aliphatic heterocycles. The molecule has 0 spiro atoms. The summed E-state index contributed by atoms with van der Waals surface area (Å²) in [5.74, 6) is -3.71. The second kappa shape index (κ2) is 9.19. The third-order valence-corrected chi connectivity index (χ3v) is 3.16. The van der Waals surface area contributed by atoms with Crippen molar-refractivity contribution in [2.24, 2.45) is 4.99 Å². The largest absolute Gasteiger partial charge is 0.356 e. The van der Waals surface area contributed by atoms with E-state index < -0.39 is 29.0 Å². The molecule has 0 saturated heterocycles. The molecular weight excluding hydrogens is 317 g/mol. The summed E-state index contributed by atoms with van der Waals surface area (Å²) in [5.41, 5.74) is -0.420. The number of carbonyl (C=O) groups is 1. The first-order chi connectivity index (χ1) is 10.5. The van der Waals surface area contributed by atoms with Crippen molar-refractivity contribution < 1.29 is 18.0 Å². The number of benzene rings is 1. The van der Waals surface area contributed by atoms with Crippen molar-refractivity contribution in [1.82, 2.24) is 10.6 Å². The van der Waals surface area contributed by atoms with Gasteiger partial charge in [-0.1, -0.05) is 0 Å². The lowest BCUT2D eigenvalue weighted by Gasteiger charge is -2.12. The van der Waals surface area contributed by atoms with Gasteiger partial charge in [0.15, 0.2) is 23.4 Å². The molecule has 22 heavy (non-hydrogen) atoms. The second-order valence-electron chi connectivity index (χ2n) is 4.12. The summed E-state index contributed by atoms with van der Waals surface area (Å²) in [4.78, 5) is 15.6. The molecule has 0 aliphatic carbocycles. The first-order valence-corrected chi connectivity index (χ1v) is 7.75. The minimum Gasteiger partial charge on any atom is -0.356 e. The summed E-state index contributed by atoms with van der Waals surface area (Å²) in [6, 6.07) is 1.70. The molecule has 9 heteroatoms. The van der Waals surface area contributed by atoms with Gasteiger partial charge in [-0.15, -0.1) is 0 Å². The molecular formula is C13H17F3N4OS. The highest BCUT2D eigenvalue weighted by Gasteiger charge is 2.15. The normalized spacial score (nSPS) is 11.2. The average Bonchev–Trinajstić information content (AvgIpc) is 2.51. The number of aliphatic imine (C=N–C) groups is 1. The number of carbonyl (C=O) groups excluding carboxylic acids is 1. The van der Waals surface area contributed by atoms with Crippen LogP contribution in [0.5, 0.6) is 0 Å². The number of thioether (sulfide) groups is 1. The molecule has 0 bridgehead atoms. The van der Waals surface area contributed by atoms with E-state index in [-0.39, 0.29) is 6.54 Å². The fourth-order valence-corrected chi connectivity index (χ4v) is 1.78. The van der Waals surface area contributed by atoms with Gasteiger partial charge in [-0.25, -0.2) is 13.2 Å². The van der Waals surface area contributed by atoms with Gasteiger partial charge >= 0.3 is 0 Å². The number of hydrogen-bond acceptors (Lipinski definition) is 3. The number of rotatable bonds is 6. The van der Waals surface area contributed by atoms with Gasteiger partial charge in [0.2, 0.25) is 5.91 Å². The zero-order chi connectivity index (χ0) is 16.5. The summed E-state index contributed by atoms with van der Waals surface area (Å²) in [6.45, 7) is 0.470. The Morgan fingerprint density at radius 1 is 1.23 bits per heavy atom. The van der Waals surface area contributed by atoms with Gasteiger partial charge in [-0.05, 0) is 18.4 Å². The minimum atomic E-state index is -1.62. The van der Waals surface area contributed by atoms with E-state index in [0.29, 0.717) is 12.5 Å². The maximum Gasteiger partial charge on any atom is 0.243 e. The van der Waals surface area contributed by atoms with Gasteiger partial charge in [0.1, 0.15) is 0 Å². The zero-order valence-electron chi connectivity index (χ0n) is 12.2. The van der Waals surface area contributed by atoms with E-state index in [9.17, 15) is 18.0 Å². The lowest BCUT2D eigenvalue weighted by Crippen LogP contribution is -2.42. The molecule has 1 aromatic rings. The van der Waals surface area contributed by atoms with Crippen LogP contribution < -0.4 is 16.0 Å². The van der Waals surface area contributed by atoms with Gasteiger partial charge in [-0.2, -0.15) is 11.8 Å². The van der Waals surface area contributed by atoms with Gasteiger partial charge in [0, 0.05) is 19.3 Å². The number of nitrogens with one attached hydrogen (secondary N) is 3. The Labute approximate surface area is 130 Å². The molecule has 122 valence electrons. The van der Waals surface area contributed by atoms with E-state index >= 15 is 0 Å². The monoisotopic (exact) mass is 334 g/mol. The van der Waals surface area contributed by atoms with Crippen LogP contribution in [0, 0.1) is 17.5 Å². The SMILES string of the molecule is CN=C(NCCSC)NCC(=O)Nc1ccc(F)c(F)c1F. The Balaban J connectivity index is 2.51. The van der Waals surface area contributed by atoms with Crippen molar-refractivity contribution in [3.63, 3.8) is 0 Å². The number of amides is 1. The standard InChI is InChI=1S/C13H17F3N4OS/c1-17-13(18-5-6-22-2)19-7-10(21)20-9-4-3-8(14)11(15)12(9)16/h3-4H,5-7H2,1-2H3,(H,20,21)(H2,17,18,19). The maximum absolute atomic E-state index is 13.4. The van der Waals surface area contributed by atoms with Crippen LogP contribution in [0.3, 0.4) is 0 Å². The maximum atomic E-state index is 13.4. The Morgan fingerprint density at radius 3 is 2.59 bits per heavy atom. The number of anilines is 1. The van der Waals surface area contributed by atoms with Crippen molar-refractivity contribution in [3.05, 3.63) is 29.6 Å². The first-order valence-electron chi connectivity index (χ1n) is 6.36. The molecule has 0 radical (unpaired) electrons. The molecule has 3 N–H and O–H groups in total. The Hall–Kier alpha value is -1.90. The summed E-state index contributed by atoms with van der Waals surface area (Å²) >= 11 is 1.65. The molecule has 0 fully saturated rings. The number of guanidine groups is 1. The Morgan fingerprint density at radius 2 is 1.95 bits per heavy atom. The van der Waals surface area contributed by atoms with Crippen molar-refractivity contribution in [3.8, 4) is 0 Å². The molecule has 0 heterocycles. The summed E-state index contributed by atoms with van der Waals surface area (Å²) < 4.78 is 39.2. The molecule has 1 rings (SSSR count). The predicted molar refractivity (Wildman–Crippen MR) is 82.7 cm³/mol. The van der Waals surface area contributed by atoms with Crippen LogP contribution >= 0.6 is 11.8 Å². The van der Waals surface area contributed by atoms with Gasteiger partial charge in [0.05, 0.1) is 12.2 Å². The molecule has 5 nitrogen and oxygen atoms in total. The summed E-state index contributed by atoms with van der Waals surface area (Å²) in [6.07, 6.45) is 1.96. The third-order valence-electron chi connectivity index (χ3n) is 2.55. The summed E-state index contributed by atoms with van der Waals surface area (Å²) in [5, 5.41) is 7.85. The van der Waals surface area contributed by atoms with Crippen molar-refractivity contribution in [2.45, 2.75) is 0 Å². The second-order valence-corrected chi connectivity index (χ2v) is 5.10. The third kappa shape index (κ3) is 5.47. The van der Waals surface area contributed by atoms with Crippen molar-refractivity contribution >= 4 is 29.3 Å². The van der Waals surface area contributed by atoms with E-state index in [2.05, 4.69) is 20.9 Å². The molecule has 0 aromatic heterocycles. The smallest absolute Gasteiger partial charge is 0.243 e. The number of hydrogen-bond donors (Lipinski definition) is 3.